The van der Waals surface area contributed by atoms with E-state index in [1.165, 1.54) is 4.31 Å². The summed E-state index contributed by atoms with van der Waals surface area (Å²) in [7, 11) is -1.93. The Labute approximate surface area is 166 Å². The zero-order valence-corrected chi connectivity index (χ0v) is 17.6. The van der Waals surface area contributed by atoms with Gasteiger partial charge < -0.3 is 15.4 Å². The molecule has 0 atom stereocenters. The Balaban J connectivity index is 2.18. The van der Waals surface area contributed by atoms with Crippen LogP contribution in [0.25, 0.3) is 0 Å². The van der Waals surface area contributed by atoms with Gasteiger partial charge in [0.05, 0.1) is 12.0 Å². The number of sulfonamides is 1. The van der Waals surface area contributed by atoms with Gasteiger partial charge in [-0.2, -0.15) is 4.31 Å². The molecule has 2 aromatic carbocycles. The number of nitrogens with one attached hydrogen (secondary N) is 2. The molecule has 0 unspecified atom stereocenters. The molecule has 27 heavy (non-hydrogen) atoms. The molecule has 0 aromatic heterocycles. The van der Waals surface area contributed by atoms with Crippen LogP contribution in [0.3, 0.4) is 0 Å². The molecule has 0 aliphatic heterocycles. The minimum absolute atomic E-state index is 0.281. The van der Waals surface area contributed by atoms with Crippen LogP contribution in [0.15, 0.2) is 47.4 Å². The molecule has 8 heteroatoms. The predicted molar refractivity (Wildman–Crippen MR) is 114 cm³/mol. The SMILES string of the molecule is CCN(CC)S(=O)(=O)c1cc(NC(=S)Nc2ccc(OC)cc2)ccc1C. The minimum atomic E-state index is -3.54. The average molecular weight is 408 g/mol. The third-order valence-corrected chi connectivity index (χ3v) is 6.51. The molecule has 0 aliphatic carbocycles. The second kappa shape index (κ2) is 9.16. The first-order valence-corrected chi connectivity index (χ1v) is 10.5. The van der Waals surface area contributed by atoms with Crippen LogP contribution in [0.1, 0.15) is 19.4 Å². The second-order valence-electron chi connectivity index (χ2n) is 5.88. The van der Waals surface area contributed by atoms with E-state index in [2.05, 4.69) is 10.6 Å². The van der Waals surface area contributed by atoms with Crippen molar-refractivity contribution in [3.63, 3.8) is 0 Å². The van der Waals surface area contributed by atoms with E-state index in [-0.39, 0.29) is 4.90 Å². The summed E-state index contributed by atoms with van der Waals surface area (Å²) in [6.45, 7) is 6.29. The molecule has 0 radical (unpaired) electrons. The molecular weight excluding hydrogens is 382 g/mol. The van der Waals surface area contributed by atoms with Gasteiger partial charge in [-0.25, -0.2) is 8.42 Å². The maximum Gasteiger partial charge on any atom is 0.243 e. The van der Waals surface area contributed by atoms with E-state index in [1.807, 2.05) is 38.1 Å². The molecule has 0 heterocycles. The molecule has 6 nitrogen and oxygen atoms in total. The van der Waals surface area contributed by atoms with Gasteiger partial charge in [0.2, 0.25) is 10.0 Å². The van der Waals surface area contributed by atoms with Crippen LogP contribution in [0.2, 0.25) is 0 Å². The van der Waals surface area contributed by atoms with E-state index in [0.29, 0.717) is 29.5 Å². The van der Waals surface area contributed by atoms with Crippen LogP contribution in [0.5, 0.6) is 5.75 Å². The zero-order chi connectivity index (χ0) is 20.0. The van der Waals surface area contributed by atoms with Crippen molar-refractivity contribution in [2.24, 2.45) is 0 Å². The lowest BCUT2D eigenvalue weighted by molar-refractivity contribution is 0.415. The highest BCUT2D eigenvalue weighted by atomic mass is 32.2. The molecule has 0 fully saturated rings. The molecule has 2 aromatic rings. The quantitative estimate of drug-likeness (QED) is 0.680. The number of nitrogens with zero attached hydrogens (tertiary/aromatic N) is 1. The molecule has 0 spiro atoms. The third-order valence-electron chi connectivity index (χ3n) is 4.12. The Morgan fingerprint density at radius 2 is 1.59 bits per heavy atom. The molecule has 2 rings (SSSR count). The third kappa shape index (κ3) is 5.18. The Morgan fingerprint density at radius 1 is 1.04 bits per heavy atom. The van der Waals surface area contributed by atoms with Crippen molar-refractivity contribution in [1.82, 2.24) is 4.31 Å². The maximum absolute atomic E-state index is 12.8. The first kappa shape index (κ1) is 21.1. The molecule has 2 N–H and O–H groups in total. The van der Waals surface area contributed by atoms with Gasteiger partial charge >= 0.3 is 0 Å². The number of ether oxygens (including phenoxy) is 1. The summed E-state index contributed by atoms with van der Waals surface area (Å²) >= 11 is 5.33. The standard InChI is InChI=1S/C19H25N3O3S2/c1-5-22(6-2)27(23,24)18-13-16(8-7-14(18)3)21-19(26)20-15-9-11-17(25-4)12-10-15/h7-13H,5-6H2,1-4H3,(H2,20,21,26). The van der Waals surface area contributed by atoms with Gasteiger partial charge in [0.15, 0.2) is 5.11 Å². The first-order chi connectivity index (χ1) is 12.8. The van der Waals surface area contributed by atoms with Gasteiger partial charge in [0, 0.05) is 24.5 Å². The van der Waals surface area contributed by atoms with Crippen LogP contribution in [-0.2, 0) is 10.0 Å². The number of thiocarbonyl (C=S) groups is 1. The van der Waals surface area contributed by atoms with Crippen molar-refractivity contribution in [2.45, 2.75) is 25.7 Å². The summed E-state index contributed by atoms with van der Waals surface area (Å²) < 4.78 is 32.2. The summed E-state index contributed by atoms with van der Waals surface area (Å²) in [6, 6.07) is 12.5. The second-order valence-corrected chi connectivity index (χ2v) is 8.19. The van der Waals surface area contributed by atoms with Crippen molar-refractivity contribution < 1.29 is 13.2 Å². The summed E-state index contributed by atoms with van der Waals surface area (Å²) in [5.74, 6) is 0.754. The van der Waals surface area contributed by atoms with Crippen LogP contribution in [-0.4, -0.2) is 38.0 Å². The lowest BCUT2D eigenvalue weighted by atomic mass is 10.2. The van der Waals surface area contributed by atoms with Crippen LogP contribution in [0, 0.1) is 6.92 Å². The molecule has 0 aliphatic rings. The normalized spacial score (nSPS) is 11.3. The van der Waals surface area contributed by atoms with Gasteiger partial charge in [-0.15, -0.1) is 0 Å². The Morgan fingerprint density at radius 3 is 2.15 bits per heavy atom. The van der Waals surface area contributed by atoms with Crippen molar-refractivity contribution in [1.29, 1.82) is 0 Å². The van der Waals surface area contributed by atoms with E-state index >= 15 is 0 Å². The maximum atomic E-state index is 12.8. The number of rotatable bonds is 7. The van der Waals surface area contributed by atoms with Gasteiger partial charge in [-0.05, 0) is 61.1 Å². The van der Waals surface area contributed by atoms with Crippen molar-refractivity contribution >= 4 is 38.7 Å². The lowest BCUT2D eigenvalue weighted by Gasteiger charge is -2.20. The van der Waals surface area contributed by atoms with Gasteiger partial charge in [-0.3, -0.25) is 0 Å². The van der Waals surface area contributed by atoms with Crippen LogP contribution >= 0.6 is 12.2 Å². The van der Waals surface area contributed by atoms with Crippen molar-refractivity contribution in [3.05, 3.63) is 48.0 Å². The molecule has 146 valence electrons. The highest BCUT2D eigenvalue weighted by Crippen LogP contribution is 2.24. The zero-order valence-electron chi connectivity index (χ0n) is 15.9. The average Bonchev–Trinajstić information content (AvgIpc) is 2.64. The van der Waals surface area contributed by atoms with E-state index in [4.69, 9.17) is 17.0 Å². The molecular formula is C19H25N3O3S2. The molecule has 0 amide bonds. The summed E-state index contributed by atoms with van der Waals surface area (Å²) in [5.41, 5.74) is 2.11. The fourth-order valence-corrected chi connectivity index (χ4v) is 4.57. The van der Waals surface area contributed by atoms with Crippen LogP contribution < -0.4 is 15.4 Å². The summed E-state index contributed by atoms with van der Waals surface area (Å²) in [4.78, 5) is 0.281. The lowest BCUT2D eigenvalue weighted by Crippen LogP contribution is -2.31. The molecule has 0 bridgehead atoms. The predicted octanol–water partition coefficient (Wildman–Crippen LogP) is 3.84. The number of hydrogen-bond donors (Lipinski definition) is 2. The van der Waals surface area contributed by atoms with E-state index in [0.717, 1.165) is 11.4 Å². The van der Waals surface area contributed by atoms with E-state index in [1.54, 1.807) is 32.2 Å². The molecule has 0 saturated heterocycles. The summed E-state index contributed by atoms with van der Waals surface area (Å²) in [5, 5.41) is 6.47. The first-order valence-electron chi connectivity index (χ1n) is 8.64. The van der Waals surface area contributed by atoms with Crippen LogP contribution in [0.4, 0.5) is 11.4 Å². The highest BCUT2D eigenvalue weighted by Gasteiger charge is 2.23. The van der Waals surface area contributed by atoms with E-state index < -0.39 is 10.0 Å². The van der Waals surface area contributed by atoms with Gasteiger partial charge in [0.25, 0.3) is 0 Å². The molecule has 0 saturated carbocycles. The van der Waals surface area contributed by atoms with Crippen molar-refractivity contribution in [3.8, 4) is 5.75 Å². The van der Waals surface area contributed by atoms with E-state index in [9.17, 15) is 8.42 Å². The number of aryl methyl sites for hydroxylation is 1. The van der Waals surface area contributed by atoms with Gasteiger partial charge in [0.1, 0.15) is 5.75 Å². The fraction of sp³-hybridized carbons (Fsp3) is 0.316. The summed E-state index contributed by atoms with van der Waals surface area (Å²) in [6.07, 6.45) is 0. The minimum Gasteiger partial charge on any atom is -0.497 e. The monoisotopic (exact) mass is 407 g/mol. The largest absolute Gasteiger partial charge is 0.497 e. The number of hydrogen-bond acceptors (Lipinski definition) is 4. The Kier molecular flexibility index (Phi) is 7.18. The highest BCUT2D eigenvalue weighted by molar-refractivity contribution is 7.89. The Bertz CT molecular complexity index is 893. The van der Waals surface area contributed by atoms with Gasteiger partial charge in [-0.1, -0.05) is 19.9 Å². The fourth-order valence-electron chi connectivity index (χ4n) is 2.63. The smallest absolute Gasteiger partial charge is 0.243 e. The number of methoxy groups -OCH3 is 1. The Hall–Kier alpha value is -2.16. The number of benzene rings is 2. The topological polar surface area (TPSA) is 70.7 Å². The number of anilines is 2. The van der Waals surface area contributed by atoms with Crippen molar-refractivity contribution in [2.75, 3.05) is 30.8 Å².